The van der Waals surface area contributed by atoms with E-state index >= 15 is 0 Å². The summed E-state index contributed by atoms with van der Waals surface area (Å²) in [7, 11) is 0. The van der Waals surface area contributed by atoms with Crippen molar-refractivity contribution in [1.82, 2.24) is 9.97 Å². The zero-order valence-electron chi connectivity index (χ0n) is 8.28. The van der Waals surface area contributed by atoms with Crippen LogP contribution in [0.3, 0.4) is 0 Å². The van der Waals surface area contributed by atoms with Crippen LogP contribution in [0.2, 0.25) is 0 Å². The number of fused-ring (bicyclic) bond motifs is 1. The molecule has 0 bridgehead atoms. The summed E-state index contributed by atoms with van der Waals surface area (Å²) < 4.78 is 0. The SMILES string of the molecule is CC.[K+].[c-]1cnc2ccccc2n1. The molecule has 1 aromatic heterocycles. The maximum absolute atomic E-state index is 4.06. The summed E-state index contributed by atoms with van der Waals surface area (Å²) in [6.07, 6.45) is 4.25. The fraction of sp³-hybridized carbons (Fsp3) is 0.200. The minimum Gasteiger partial charge on any atom is -0.448 e. The minimum atomic E-state index is 0. The molecule has 62 valence electrons. The molecule has 0 aliphatic heterocycles. The second-order valence-electron chi connectivity index (χ2n) is 1.99. The molecule has 0 N–H and O–H groups in total. The normalized spacial score (nSPS) is 8.15. The van der Waals surface area contributed by atoms with Crippen molar-refractivity contribution in [3.8, 4) is 0 Å². The Morgan fingerprint density at radius 3 is 2.31 bits per heavy atom. The number of benzene rings is 1. The van der Waals surface area contributed by atoms with Crippen molar-refractivity contribution >= 4 is 11.0 Å². The summed E-state index contributed by atoms with van der Waals surface area (Å²) in [6, 6.07) is 7.72. The molecule has 0 saturated heterocycles. The number of nitrogens with zero attached hydrogens (tertiary/aromatic N) is 2. The zero-order chi connectivity index (χ0) is 8.81. The Hall–Kier alpha value is 0.196. The van der Waals surface area contributed by atoms with E-state index in [4.69, 9.17) is 0 Å². The summed E-state index contributed by atoms with van der Waals surface area (Å²) in [5.74, 6) is 0. The number of aromatic nitrogens is 2. The number of para-hydroxylation sites is 2. The second kappa shape index (κ2) is 7.59. The van der Waals surface area contributed by atoms with Crippen LogP contribution < -0.4 is 51.4 Å². The smallest absolute Gasteiger partial charge is 0.448 e. The van der Waals surface area contributed by atoms with Gasteiger partial charge in [-0.15, -0.1) is 12.3 Å². The molecule has 1 heterocycles. The van der Waals surface area contributed by atoms with E-state index < -0.39 is 0 Å². The van der Waals surface area contributed by atoms with Gasteiger partial charge in [-0.1, -0.05) is 37.6 Å². The van der Waals surface area contributed by atoms with Gasteiger partial charge in [0.15, 0.2) is 0 Å². The van der Waals surface area contributed by atoms with E-state index in [1.54, 1.807) is 6.20 Å². The summed E-state index contributed by atoms with van der Waals surface area (Å²) in [6.45, 7) is 4.00. The average Bonchev–Trinajstić information content (AvgIpc) is 2.21. The van der Waals surface area contributed by atoms with E-state index in [1.807, 2.05) is 38.1 Å². The van der Waals surface area contributed by atoms with E-state index in [2.05, 4.69) is 16.2 Å². The van der Waals surface area contributed by atoms with Gasteiger partial charge in [0.2, 0.25) is 0 Å². The Bertz CT molecular complexity index is 284. The van der Waals surface area contributed by atoms with Gasteiger partial charge >= 0.3 is 51.4 Å². The maximum Gasteiger partial charge on any atom is 1.00 e. The Morgan fingerprint density at radius 2 is 1.69 bits per heavy atom. The average molecular weight is 198 g/mol. The van der Waals surface area contributed by atoms with E-state index in [-0.39, 0.29) is 51.4 Å². The monoisotopic (exact) mass is 198 g/mol. The van der Waals surface area contributed by atoms with Crippen molar-refractivity contribution in [3.63, 3.8) is 0 Å². The van der Waals surface area contributed by atoms with Gasteiger partial charge in [-0.25, -0.2) is 0 Å². The third-order valence-corrected chi connectivity index (χ3v) is 1.33. The maximum atomic E-state index is 4.06. The Balaban J connectivity index is 0.000000451. The molecule has 0 saturated carbocycles. The van der Waals surface area contributed by atoms with E-state index in [9.17, 15) is 0 Å². The number of hydrogen-bond acceptors (Lipinski definition) is 2. The van der Waals surface area contributed by atoms with Gasteiger partial charge in [-0.2, -0.15) is 0 Å². The first-order valence-electron chi connectivity index (χ1n) is 4.05. The van der Waals surface area contributed by atoms with Gasteiger partial charge in [0.1, 0.15) is 0 Å². The summed E-state index contributed by atoms with van der Waals surface area (Å²) in [4.78, 5) is 8.06. The van der Waals surface area contributed by atoms with Gasteiger partial charge in [0.25, 0.3) is 0 Å². The van der Waals surface area contributed by atoms with Crippen LogP contribution in [-0.2, 0) is 0 Å². The molecule has 0 unspecified atom stereocenters. The third kappa shape index (κ3) is 3.83. The first-order valence-corrected chi connectivity index (χ1v) is 4.05. The van der Waals surface area contributed by atoms with Crippen LogP contribution in [0, 0.1) is 6.20 Å². The first-order chi connectivity index (χ1) is 5.97. The summed E-state index contributed by atoms with van der Waals surface area (Å²) in [5.41, 5.74) is 1.81. The van der Waals surface area contributed by atoms with Gasteiger partial charge < -0.3 is 4.98 Å². The molecule has 3 heteroatoms. The second-order valence-corrected chi connectivity index (χ2v) is 1.99. The van der Waals surface area contributed by atoms with E-state index in [1.165, 1.54) is 0 Å². The van der Waals surface area contributed by atoms with E-state index in [0.29, 0.717) is 0 Å². The topological polar surface area (TPSA) is 25.8 Å². The molecule has 2 nitrogen and oxygen atoms in total. The largest absolute Gasteiger partial charge is 1.00 e. The van der Waals surface area contributed by atoms with Crippen LogP contribution >= 0.6 is 0 Å². The fourth-order valence-electron chi connectivity index (χ4n) is 0.865. The molecule has 0 radical (unpaired) electrons. The molecule has 2 rings (SSSR count). The zero-order valence-corrected chi connectivity index (χ0v) is 11.4. The minimum absolute atomic E-state index is 0. The first kappa shape index (κ1) is 13.2. The van der Waals surface area contributed by atoms with E-state index in [0.717, 1.165) is 11.0 Å². The molecule has 0 atom stereocenters. The van der Waals surface area contributed by atoms with Crippen LogP contribution in [0.15, 0.2) is 30.5 Å². The number of hydrogen-bond donors (Lipinski definition) is 0. The van der Waals surface area contributed by atoms with Crippen molar-refractivity contribution < 1.29 is 51.4 Å². The van der Waals surface area contributed by atoms with Crippen LogP contribution in [0.25, 0.3) is 11.0 Å². The molecule has 0 fully saturated rings. The van der Waals surface area contributed by atoms with Crippen LogP contribution in [0.4, 0.5) is 0 Å². The van der Waals surface area contributed by atoms with Gasteiger partial charge in [0.05, 0.1) is 0 Å². The van der Waals surface area contributed by atoms with Crippen LogP contribution in [0.5, 0.6) is 0 Å². The van der Waals surface area contributed by atoms with Crippen molar-refractivity contribution in [3.05, 3.63) is 36.7 Å². The number of rotatable bonds is 0. The Kier molecular flexibility index (Phi) is 7.70. The Morgan fingerprint density at radius 1 is 1.08 bits per heavy atom. The van der Waals surface area contributed by atoms with Crippen molar-refractivity contribution in [2.75, 3.05) is 0 Å². The molecule has 0 aliphatic carbocycles. The third-order valence-electron chi connectivity index (χ3n) is 1.33. The molecule has 13 heavy (non-hydrogen) atoms. The summed E-state index contributed by atoms with van der Waals surface area (Å²) >= 11 is 0. The molecule has 2 aromatic rings. The van der Waals surface area contributed by atoms with Crippen molar-refractivity contribution in [2.24, 2.45) is 0 Å². The predicted molar refractivity (Wildman–Crippen MR) is 49.7 cm³/mol. The van der Waals surface area contributed by atoms with Crippen molar-refractivity contribution in [1.29, 1.82) is 0 Å². The molecule has 1 aromatic carbocycles. The fourth-order valence-corrected chi connectivity index (χ4v) is 0.865. The van der Waals surface area contributed by atoms with Crippen molar-refractivity contribution in [2.45, 2.75) is 13.8 Å². The van der Waals surface area contributed by atoms with Gasteiger partial charge in [-0.05, 0) is 6.20 Å². The molecule has 0 amide bonds. The molecule has 0 spiro atoms. The van der Waals surface area contributed by atoms with Crippen LogP contribution in [0.1, 0.15) is 13.8 Å². The summed E-state index contributed by atoms with van der Waals surface area (Å²) in [5, 5.41) is 0. The predicted octanol–water partition coefficient (Wildman–Crippen LogP) is -0.540. The molecular formula is C10H11KN2. The quantitative estimate of drug-likeness (QED) is 0.420. The van der Waals surface area contributed by atoms with Gasteiger partial charge in [-0.3, -0.25) is 4.98 Å². The van der Waals surface area contributed by atoms with Crippen LogP contribution in [-0.4, -0.2) is 9.97 Å². The molecule has 0 aliphatic rings. The Labute approximate surface area is 121 Å². The van der Waals surface area contributed by atoms with Gasteiger partial charge in [0, 0.05) is 5.52 Å². The standard InChI is InChI=1S/C8H5N2.C2H6.K/c1-2-4-8-7(3-1)9-5-6-10-8;1-2;/h1-5H;1-2H3;/q-1;;+1. The molecular weight excluding hydrogens is 187 g/mol.